The summed E-state index contributed by atoms with van der Waals surface area (Å²) in [7, 11) is 0. The summed E-state index contributed by atoms with van der Waals surface area (Å²) in [4.78, 5) is 16.7. The number of hydrogen-bond acceptors (Lipinski definition) is 3. The van der Waals surface area contributed by atoms with Gasteiger partial charge in [0.1, 0.15) is 0 Å². The molecule has 1 saturated heterocycles. The predicted octanol–water partition coefficient (Wildman–Crippen LogP) is 1.88. The number of benzene rings is 1. The van der Waals surface area contributed by atoms with Gasteiger partial charge in [-0.1, -0.05) is 25.1 Å². The Morgan fingerprint density at radius 2 is 2.00 bits per heavy atom. The molecular weight excluding hydrogens is 274 g/mol. The molecule has 0 radical (unpaired) electrons. The molecular formula is C18H27N3O. The normalized spacial score (nSPS) is 20.1. The van der Waals surface area contributed by atoms with E-state index in [0.717, 1.165) is 39.0 Å². The molecule has 22 heavy (non-hydrogen) atoms. The molecule has 0 aromatic heterocycles. The third-order valence-corrected chi connectivity index (χ3v) is 5.16. The number of piperidine rings is 1. The molecule has 3 rings (SSSR count). The van der Waals surface area contributed by atoms with Crippen LogP contribution in [0, 0.1) is 11.8 Å². The van der Waals surface area contributed by atoms with E-state index >= 15 is 0 Å². The van der Waals surface area contributed by atoms with Crippen molar-refractivity contribution in [2.24, 2.45) is 17.6 Å². The minimum Gasteiger partial charge on any atom is -0.371 e. The number of nitrogens with two attached hydrogens (primary N) is 1. The Labute approximate surface area is 133 Å². The second kappa shape index (κ2) is 6.69. The van der Waals surface area contributed by atoms with Gasteiger partial charge in [-0.25, -0.2) is 0 Å². The molecule has 1 unspecified atom stereocenters. The van der Waals surface area contributed by atoms with Crippen LogP contribution in [0.2, 0.25) is 0 Å². The van der Waals surface area contributed by atoms with Crippen molar-refractivity contribution in [1.29, 1.82) is 0 Å². The molecule has 1 aromatic rings. The van der Waals surface area contributed by atoms with E-state index in [2.05, 4.69) is 29.2 Å². The number of anilines is 1. The number of para-hydroxylation sites is 1. The van der Waals surface area contributed by atoms with Gasteiger partial charge in [0, 0.05) is 44.3 Å². The SMILES string of the molecule is CC(CN)C(=O)N1CCC(CN2CCc3ccccc32)CC1. The van der Waals surface area contributed by atoms with Crippen LogP contribution >= 0.6 is 0 Å². The van der Waals surface area contributed by atoms with Gasteiger partial charge in [-0.2, -0.15) is 0 Å². The molecule has 4 nitrogen and oxygen atoms in total. The van der Waals surface area contributed by atoms with Gasteiger partial charge in [-0.05, 0) is 36.8 Å². The maximum absolute atomic E-state index is 12.2. The van der Waals surface area contributed by atoms with E-state index in [9.17, 15) is 4.79 Å². The summed E-state index contributed by atoms with van der Waals surface area (Å²) in [6.07, 6.45) is 3.39. The van der Waals surface area contributed by atoms with Gasteiger partial charge in [-0.15, -0.1) is 0 Å². The van der Waals surface area contributed by atoms with E-state index in [1.54, 1.807) is 0 Å². The van der Waals surface area contributed by atoms with E-state index in [0.29, 0.717) is 12.5 Å². The van der Waals surface area contributed by atoms with E-state index in [4.69, 9.17) is 5.73 Å². The van der Waals surface area contributed by atoms with Crippen molar-refractivity contribution in [3.8, 4) is 0 Å². The highest BCUT2D eigenvalue weighted by Gasteiger charge is 2.28. The summed E-state index contributed by atoms with van der Waals surface area (Å²) in [5.41, 5.74) is 8.50. The van der Waals surface area contributed by atoms with Crippen molar-refractivity contribution in [3.05, 3.63) is 29.8 Å². The quantitative estimate of drug-likeness (QED) is 0.924. The van der Waals surface area contributed by atoms with Crippen LogP contribution in [0.25, 0.3) is 0 Å². The van der Waals surface area contributed by atoms with E-state index < -0.39 is 0 Å². The molecule has 4 heteroatoms. The number of carbonyl (C=O) groups excluding carboxylic acids is 1. The second-order valence-corrected chi connectivity index (χ2v) is 6.73. The van der Waals surface area contributed by atoms with Crippen molar-refractivity contribution < 1.29 is 4.79 Å². The lowest BCUT2D eigenvalue weighted by atomic mass is 9.95. The molecule has 0 aliphatic carbocycles. The number of hydrogen-bond donors (Lipinski definition) is 1. The number of nitrogens with zero attached hydrogens (tertiary/aromatic N) is 2. The van der Waals surface area contributed by atoms with Crippen molar-refractivity contribution in [2.45, 2.75) is 26.2 Å². The zero-order valence-electron chi connectivity index (χ0n) is 13.5. The Balaban J connectivity index is 1.52. The monoisotopic (exact) mass is 301 g/mol. The lowest BCUT2D eigenvalue weighted by Crippen LogP contribution is -2.44. The van der Waals surface area contributed by atoms with Crippen LogP contribution in [0.1, 0.15) is 25.3 Å². The molecule has 1 fully saturated rings. The average molecular weight is 301 g/mol. The fourth-order valence-corrected chi connectivity index (χ4v) is 3.66. The first-order chi connectivity index (χ1) is 10.7. The summed E-state index contributed by atoms with van der Waals surface area (Å²) in [5.74, 6) is 0.887. The highest BCUT2D eigenvalue weighted by atomic mass is 16.2. The maximum atomic E-state index is 12.2. The van der Waals surface area contributed by atoms with Crippen molar-refractivity contribution in [2.75, 3.05) is 37.6 Å². The topological polar surface area (TPSA) is 49.6 Å². The largest absolute Gasteiger partial charge is 0.371 e. The summed E-state index contributed by atoms with van der Waals surface area (Å²) < 4.78 is 0. The highest BCUT2D eigenvalue weighted by Crippen LogP contribution is 2.30. The van der Waals surface area contributed by atoms with Gasteiger partial charge in [0.15, 0.2) is 0 Å². The van der Waals surface area contributed by atoms with Gasteiger partial charge in [0.05, 0.1) is 0 Å². The Hall–Kier alpha value is -1.55. The van der Waals surface area contributed by atoms with Gasteiger partial charge >= 0.3 is 0 Å². The van der Waals surface area contributed by atoms with Crippen LogP contribution in [0.15, 0.2) is 24.3 Å². The van der Waals surface area contributed by atoms with Gasteiger partial charge in [0.2, 0.25) is 5.91 Å². The van der Waals surface area contributed by atoms with E-state index in [-0.39, 0.29) is 11.8 Å². The Morgan fingerprint density at radius 1 is 1.27 bits per heavy atom. The summed E-state index contributed by atoms with van der Waals surface area (Å²) in [5, 5.41) is 0. The predicted molar refractivity (Wildman–Crippen MR) is 89.9 cm³/mol. The molecule has 0 saturated carbocycles. The number of likely N-dealkylation sites (tertiary alicyclic amines) is 1. The van der Waals surface area contributed by atoms with Crippen molar-refractivity contribution in [1.82, 2.24) is 4.90 Å². The second-order valence-electron chi connectivity index (χ2n) is 6.73. The van der Waals surface area contributed by atoms with Gasteiger partial charge in [-0.3, -0.25) is 4.79 Å². The first kappa shape index (κ1) is 15.3. The van der Waals surface area contributed by atoms with Crippen molar-refractivity contribution in [3.63, 3.8) is 0 Å². The fourth-order valence-electron chi connectivity index (χ4n) is 3.66. The first-order valence-electron chi connectivity index (χ1n) is 8.50. The van der Waals surface area contributed by atoms with Crippen LogP contribution in [0.5, 0.6) is 0 Å². The summed E-state index contributed by atoms with van der Waals surface area (Å²) in [6.45, 7) is 6.43. The number of amides is 1. The van der Waals surface area contributed by atoms with Crippen molar-refractivity contribution >= 4 is 11.6 Å². The summed E-state index contributed by atoms with van der Waals surface area (Å²) >= 11 is 0. The maximum Gasteiger partial charge on any atom is 0.226 e. The van der Waals surface area contributed by atoms with Gasteiger partial charge < -0.3 is 15.5 Å². The van der Waals surface area contributed by atoms with Crippen LogP contribution in [-0.2, 0) is 11.2 Å². The minimum absolute atomic E-state index is 0.0398. The Bertz CT molecular complexity index is 523. The third kappa shape index (κ3) is 3.12. The lowest BCUT2D eigenvalue weighted by molar-refractivity contribution is -0.136. The fraction of sp³-hybridized carbons (Fsp3) is 0.611. The first-order valence-corrected chi connectivity index (χ1v) is 8.50. The zero-order chi connectivity index (χ0) is 15.5. The molecule has 1 atom stereocenters. The molecule has 2 heterocycles. The van der Waals surface area contributed by atoms with Crippen LogP contribution < -0.4 is 10.6 Å². The number of rotatable bonds is 4. The molecule has 1 amide bonds. The van der Waals surface area contributed by atoms with Crippen LogP contribution in [0.4, 0.5) is 5.69 Å². The lowest BCUT2D eigenvalue weighted by Gasteiger charge is -2.35. The number of carbonyl (C=O) groups is 1. The standard InChI is InChI=1S/C18H27N3O/c1-14(12-19)18(22)20-9-6-15(7-10-20)13-21-11-8-16-4-2-3-5-17(16)21/h2-5,14-15H,6-13,19H2,1H3. The summed E-state index contributed by atoms with van der Waals surface area (Å²) in [6, 6.07) is 8.74. The van der Waals surface area contributed by atoms with Crippen LogP contribution in [0.3, 0.4) is 0 Å². The molecule has 120 valence electrons. The van der Waals surface area contributed by atoms with E-state index in [1.165, 1.54) is 17.7 Å². The minimum atomic E-state index is -0.0398. The molecule has 0 spiro atoms. The molecule has 2 aliphatic rings. The molecule has 2 aliphatic heterocycles. The molecule has 0 bridgehead atoms. The van der Waals surface area contributed by atoms with Crippen LogP contribution in [-0.4, -0.2) is 43.5 Å². The molecule has 2 N–H and O–H groups in total. The Morgan fingerprint density at radius 3 is 2.73 bits per heavy atom. The van der Waals surface area contributed by atoms with Gasteiger partial charge in [0.25, 0.3) is 0 Å². The molecule has 1 aromatic carbocycles. The Kier molecular flexibility index (Phi) is 4.67. The number of fused-ring (bicyclic) bond motifs is 1. The average Bonchev–Trinajstić information content (AvgIpc) is 2.97. The third-order valence-electron chi connectivity index (χ3n) is 5.16. The highest BCUT2D eigenvalue weighted by molar-refractivity contribution is 5.78. The van der Waals surface area contributed by atoms with E-state index in [1.807, 2.05) is 11.8 Å². The smallest absolute Gasteiger partial charge is 0.226 e. The zero-order valence-corrected chi connectivity index (χ0v) is 13.5.